The Morgan fingerprint density at radius 3 is 2.89 bits per heavy atom. The van der Waals surface area contributed by atoms with Crippen molar-refractivity contribution in [2.75, 3.05) is 5.32 Å². The van der Waals surface area contributed by atoms with Gasteiger partial charge in [-0.1, -0.05) is 31.4 Å². The summed E-state index contributed by atoms with van der Waals surface area (Å²) in [6, 6.07) is 8.55. The van der Waals surface area contributed by atoms with Crippen LogP contribution in [0.3, 0.4) is 0 Å². The summed E-state index contributed by atoms with van der Waals surface area (Å²) in [7, 11) is 0. The monoisotopic (exact) mass is 380 g/mol. The molecule has 6 heteroatoms. The first-order chi connectivity index (χ1) is 13.7. The van der Waals surface area contributed by atoms with E-state index < -0.39 is 0 Å². The van der Waals surface area contributed by atoms with Crippen LogP contribution in [-0.4, -0.2) is 27.0 Å². The maximum atomic E-state index is 13.3. The topological polar surface area (TPSA) is 70.7 Å². The molecule has 0 aliphatic heterocycles. The second-order valence-electron chi connectivity index (χ2n) is 7.58. The third-order valence-corrected chi connectivity index (χ3v) is 5.43. The number of benzene rings is 1. The van der Waals surface area contributed by atoms with Gasteiger partial charge in [0.1, 0.15) is 17.4 Å². The molecule has 2 aromatic heterocycles. The fraction of sp³-hybridized carbons (Fsp3) is 0.409. The minimum atomic E-state index is -0.311. The molecule has 1 saturated carbocycles. The molecular formula is C22H25FN4O. The van der Waals surface area contributed by atoms with Gasteiger partial charge in [-0.3, -0.25) is 9.89 Å². The number of H-pyrrole nitrogens is 1. The maximum absolute atomic E-state index is 13.3. The second-order valence-corrected chi connectivity index (χ2v) is 7.58. The van der Waals surface area contributed by atoms with Crippen LogP contribution < -0.4 is 5.32 Å². The number of halogens is 1. The lowest BCUT2D eigenvalue weighted by molar-refractivity contribution is -0.118. The van der Waals surface area contributed by atoms with Crippen molar-refractivity contribution in [2.45, 2.75) is 57.4 Å². The smallest absolute Gasteiger partial charge is 0.137 e. The van der Waals surface area contributed by atoms with E-state index in [0.717, 1.165) is 35.3 Å². The lowest BCUT2D eigenvalue weighted by Gasteiger charge is -2.23. The Morgan fingerprint density at radius 2 is 2.07 bits per heavy atom. The normalized spacial score (nSPS) is 15.0. The lowest BCUT2D eigenvalue weighted by atomic mass is 9.95. The van der Waals surface area contributed by atoms with Gasteiger partial charge < -0.3 is 5.32 Å². The highest BCUT2D eigenvalue weighted by Gasteiger charge is 2.18. The first-order valence-corrected chi connectivity index (χ1v) is 10.0. The van der Waals surface area contributed by atoms with E-state index in [-0.39, 0.29) is 18.0 Å². The molecule has 0 unspecified atom stereocenters. The molecule has 4 rings (SSSR count). The molecule has 0 saturated heterocycles. The summed E-state index contributed by atoms with van der Waals surface area (Å²) in [4.78, 5) is 16.9. The summed E-state index contributed by atoms with van der Waals surface area (Å²) in [6.45, 7) is 0. The van der Waals surface area contributed by atoms with Crippen LogP contribution in [0.2, 0.25) is 0 Å². The number of carbonyl (C=O) groups excluding carboxylic acids is 1. The van der Waals surface area contributed by atoms with Crippen molar-refractivity contribution in [1.29, 1.82) is 0 Å². The average Bonchev–Trinajstić information content (AvgIpc) is 3.11. The van der Waals surface area contributed by atoms with Gasteiger partial charge in [-0.25, -0.2) is 9.37 Å². The van der Waals surface area contributed by atoms with E-state index in [1.165, 1.54) is 31.4 Å². The van der Waals surface area contributed by atoms with Crippen LogP contribution in [0.1, 0.15) is 49.8 Å². The zero-order valence-electron chi connectivity index (χ0n) is 15.9. The number of aryl methyl sites for hydroxylation is 1. The molecule has 146 valence electrons. The van der Waals surface area contributed by atoms with Crippen molar-refractivity contribution in [2.24, 2.45) is 0 Å². The van der Waals surface area contributed by atoms with Crippen molar-refractivity contribution in [1.82, 2.24) is 15.2 Å². The number of hydrogen-bond acceptors (Lipinski definition) is 4. The molecule has 2 heterocycles. The minimum absolute atomic E-state index is 0.0824. The van der Waals surface area contributed by atoms with Crippen molar-refractivity contribution < 1.29 is 9.18 Å². The van der Waals surface area contributed by atoms with E-state index in [0.29, 0.717) is 24.4 Å². The molecule has 5 nitrogen and oxygen atoms in total. The number of nitrogens with one attached hydrogen (secondary N) is 2. The molecule has 1 aliphatic carbocycles. The van der Waals surface area contributed by atoms with Crippen LogP contribution in [0.15, 0.2) is 36.5 Å². The highest BCUT2D eigenvalue weighted by atomic mass is 19.1. The number of anilines is 1. The highest BCUT2D eigenvalue weighted by Crippen LogP contribution is 2.27. The molecule has 0 amide bonds. The standard InChI is InChI=1S/C22H25FN4O/c23-16-6-4-5-15(13-16)14-18(28)9-10-19-21-20(27-26-19)11-12-24-22(21)25-17-7-2-1-3-8-17/h4-6,11-13,17H,1-3,7-10,14H2,(H,24,25)(H,26,27). The number of fused-ring (bicyclic) bond motifs is 1. The van der Waals surface area contributed by atoms with E-state index >= 15 is 0 Å². The number of Topliss-reactive ketones (excluding diaryl/α,β-unsaturated/α-hetero) is 1. The van der Waals surface area contributed by atoms with Gasteiger partial charge in [-0.2, -0.15) is 5.10 Å². The zero-order valence-corrected chi connectivity index (χ0v) is 15.9. The summed E-state index contributed by atoms with van der Waals surface area (Å²) in [5, 5.41) is 12.0. The van der Waals surface area contributed by atoms with Gasteiger partial charge in [0.25, 0.3) is 0 Å². The van der Waals surface area contributed by atoms with Crippen molar-refractivity contribution >= 4 is 22.5 Å². The number of ketones is 1. The number of aromatic nitrogens is 3. The van der Waals surface area contributed by atoms with E-state index in [9.17, 15) is 9.18 Å². The molecule has 28 heavy (non-hydrogen) atoms. The molecule has 2 N–H and O–H groups in total. The number of pyridine rings is 1. The Bertz CT molecular complexity index is 962. The van der Waals surface area contributed by atoms with Gasteiger partial charge in [-0.15, -0.1) is 0 Å². The molecule has 1 aliphatic rings. The summed E-state index contributed by atoms with van der Waals surface area (Å²) < 4.78 is 13.3. The summed E-state index contributed by atoms with van der Waals surface area (Å²) >= 11 is 0. The molecule has 0 atom stereocenters. The van der Waals surface area contributed by atoms with E-state index in [2.05, 4.69) is 20.5 Å². The number of hydrogen-bond donors (Lipinski definition) is 2. The Kier molecular flexibility index (Phi) is 5.65. The van der Waals surface area contributed by atoms with Crippen molar-refractivity contribution in [3.05, 3.63) is 53.6 Å². The van der Waals surface area contributed by atoms with Gasteiger partial charge in [0.2, 0.25) is 0 Å². The number of nitrogens with zero attached hydrogens (tertiary/aromatic N) is 2. The first kappa shape index (κ1) is 18.6. The highest BCUT2D eigenvalue weighted by molar-refractivity contribution is 5.92. The van der Waals surface area contributed by atoms with Gasteiger partial charge in [-0.05, 0) is 43.0 Å². The Labute approximate surface area is 163 Å². The van der Waals surface area contributed by atoms with Crippen LogP contribution in [0.5, 0.6) is 0 Å². The van der Waals surface area contributed by atoms with Crippen LogP contribution in [-0.2, 0) is 17.6 Å². The van der Waals surface area contributed by atoms with Crippen LogP contribution in [0, 0.1) is 5.82 Å². The second kappa shape index (κ2) is 8.50. The third-order valence-electron chi connectivity index (χ3n) is 5.43. The summed E-state index contributed by atoms with van der Waals surface area (Å²) in [5.74, 6) is 0.624. The predicted octanol–water partition coefficient (Wildman–Crippen LogP) is 4.59. The molecule has 1 aromatic carbocycles. The average molecular weight is 380 g/mol. The van der Waals surface area contributed by atoms with Crippen LogP contribution >= 0.6 is 0 Å². The van der Waals surface area contributed by atoms with Crippen molar-refractivity contribution in [3.63, 3.8) is 0 Å². The van der Waals surface area contributed by atoms with Gasteiger partial charge in [0.05, 0.1) is 10.9 Å². The molecule has 0 radical (unpaired) electrons. The number of aromatic amines is 1. The van der Waals surface area contributed by atoms with Gasteiger partial charge >= 0.3 is 0 Å². The molecule has 3 aromatic rings. The fourth-order valence-electron chi connectivity index (χ4n) is 3.98. The molecule has 0 spiro atoms. The van der Waals surface area contributed by atoms with Crippen molar-refractivity contribution in [3.8, 4) is 0 Å². The number of carbonyl (C=O) groups is 1. The SMILES string of the molecule is O=C(CCc1[nH]nc2ccnc(NC3CCCCC3)c12)Cc1cccc(F)c1. The van der Waals surface area contributed by atoms with Gasteiger partial charge in [0, 0.05) is 30.8 Å². The molecule has 0 bridgehead atoms. The third kappa shape index (κ3) is 4.38. The molecular weight excluding hydrogens is 355 g/mol. The maximum Gasteiger partial charge on any atom is 0.137 e. The quantitative estimate of drug-likeness (QED) is 0.629. The van der Waals surface area contributed by atoms with E-state index in [1.54, 1.807) is 18.3 Å². The Hall–Kier alpha value is -2.76. The van der Waals surface area contributed by atoms with E-state index in [1.807, 2.05) is 6.07 Å². The van der Waals surface area contributed by atoms with Crippen LogP contribution in [0.25, 0.3) is 10.9 Å². The predicted molar refractivity (Wildman–Crippen MR) is 108 cm³/mol. The largest absolute Gasteiger partial charge is 0.367 e. The Balaban J connectivity index is 1.45. The van der Waals surface area contributed by atoms with Crippen LogP contribution in [0.4, 0.5) is 10.2 Å². The summed E-state index contributed by atoms with van der Waals surface area (Å²) in [5.41, 5.74) is 2.50. The minimum Gasteiger partial charge on any atom is -0.367 e. The zero-order chi connectivity index (χ0) is 19.3. The summed E-state index contributed by atoms with van der Waals surface area (Å²) in [6.07, 6.45) is 9.10. The Morgan fingerprint density at radius 1 is 1.21 bits per heavy atom. The van der Waals surface area contributed by atoms with Gasteiger partial charge in [0.15, 0.2) is 0 Å². The number of rotatable bonds is 7. The molecule has 1 fully saturated rings. The van der Waals surface area contributed by atoms with E-state index in [4.69, 9.17) is 0 Å². The lowest BCUT2D eigenvalue weighted by Crippen LogP contribution is -2.23. The first-order valence-electron chi connectivity index (χ1n) is 10.0. The fourth-order valence-corrected chi connectivity index (χ4v) is 3.98.